The van der Waals surface area contributed by atoms with Crippen LogP contribution < -0.4 is 11.5 Å². The predicted octanol–water partition coefficient (Wildman–Crippen LogP) is -0.891. The lowest BCUT2D eigenvalue weighted by atomic mass is 10.0. The number of nitrogens with two attached hydrogens (primary N) is 2. The highest BCUT2D eigenvalue weighted by Gasteiger charge is 2.45. The van der Waals surface area contributed by atoms with Gasteiger partial charge >= 0.3 is 0 Å². The van der Waals surface area contributed by atoms with Gasteiger partial charge in [-0.05, 0) is 18.6 Å². The lowest BCUT2D eigenvalue weighted by Gasteiger charge is -2.21. The Morgan fingerprint density at radius 2 is 2.25 bits per heavy atom. The fourth-order valence-electron chi connectivity index (χ4n) is 2.31. The number of hydrogen-bond acceptors (Lipinski definition) is 7. The highest BCUT2D eigenvalue weighted by Crippen LogP contribution is 2.35. The number of rotatable bonds is 5. The predicted molar refractivity (Wildman–Crippen MR) is 72.9 cm³/mol. The largest absolute Gasteiger partial charge is 0.394 e. The minimum Gasteiger partial charge on any atom is -0.394 e. The molecule has 6 N–H and O–H groups in total. The Bertz CT molecular complexity index is 457. The number of aromatic nitrogens is 1. The van der Waals surface area contributed by atoms with Crippen molar-refractivity contribution in [2.45, 2.75) is 31.3 Å². The third kappa shape index (κ3) is 2.92. The molecule has 4 atom stereocenters. The lowest BCUT2D eigenvalue weighted by Crippen LogP contribution is -2.35. The monoisotopic (exact) mass is 283 g/mol. The highest BCUT2D eigenvalue weighted by molar-refractivity contribution is 5.40. The van der Waals surface area contributed by atoms with E-state index in [2.05, 4.69) is 4.98 Å². The second-order valence-electron chi connectivity index (χ2n) is 4.86. The number of nitrogen functional groups attached to an aromatic ring is 1. The fraction of sp³-hybridized carbons (Fsp3) is 0.615. The van der Waals surface area contributed by atoms with Crippen LogP contribution in [0.25, 0.3) is 0 Å². The van der Waals surface area contributed by atoms with Crippen LogP contribution in [0.4, 0.5) is 5.82 Å². The van der Waals surface area contributed by atoms with Gasteiger partial charge < -0.3 is 31.2 Å². The summed E-state index contributed by atoms with van der Waals surface area (Å²) in [6, 6.07) is 1.85. The number of aliphatic hydroxyl groups is 2. The Balaban J connectivity index is 2.24. The van der Waals surface area contributed by atoms with Crippen LogP contribution in [0, 0.1) is 6.92 Å². The van der Waals surface area contributed by atoms with Gasteiger partial charge in [-0.3, -0.25) is 0 Å². The molecular weight excluding hydrogens is 262 g/mol. The first kappa shape index (κ1) is 15.1. The molecule has 0 unspecified atom stereocenters. The SMILES string of the molecule is Cc1cc([C@@H]2O[C@H](CO)[C@@H](O)[C@H]2OCCN)cnc1N. The normalized spacial score (nSPS) is 29.8. The second kappa shape index (κ2) is 6.47. The molecule has 1 fully saturated rings. The Morgan fingerprint density at radius 3 is 2.85 bits per heavy atom. The van der Waals surface area contributed by atoms with Crippen molar-refractivity contribution in [1.82, 2.24) is 4.98 Å². The summed E-state index contributed by atoms with van der Waals surface area (Å²) in [6.45, 7) is 2.22. The van der Waals surface area contributed by atoms with Crippen LogP contribution in [0.5, 0.6) is 0 Å². The van der Waals surface area contributed by atoms with Gasteiger partial charge in [-0.15, -0.1) is 0 Å². The summed E-state index contributed by atoms with van der Waals surface area (Å²) in [5, 5.41) is 19.4. The summed E-state index contributed by atoms with van der Waals surface area (Å²) in [5.41, 5.74) is 12.7. The average molecular weight is 283 g/mol. The number of nitrogens with zero attached hydrogens (tertiary/aromatic N) is 1. The molecule has 7 heteroatoms. The van der Waals surface area contributed by atoms with Gasteiger partial charge in [0.15, 0.2) is 0 Å². The molecule has 112 valence electrons. The van der Waals surface area contributed by atoms with E-state index in [0.29, 0.717) is 19.0 Å². The van der Waals surface area contributed by atoms with Gasteiger partial charge in [0.25, 0.3) is 0 Å². The van der Waals surface area contributed by atoms with Crippen molar-refractivity contribution in [2.75, 3.05) is 25.5 Å². The van der Waals surface area contributed by atoms with Crippen molar-refractivity contribution in [3.8, 4) is 0 Å². The number of hydrogen-bond donors (Lipinski definition) is 4. The molecule has 1 aliphatic heterocycles. The van der Waals surface area contributed by atoms with Gasteiger partial charge in [-0.25, -0.2) is 4.98 Å². The van der Waals surface area contributed by atoms with Gasteiger partial charge in [0.05, 0.1) is 13.2 Å². The zero-order chi connectivity index (χ0) is 14.7. The number of anilines is 1. The quantitative estimate of drug-likeness (QED) is 0.552. The first-order chi connectivity index (χ1) is 9.58. The second-order valence-corrected chi connectivity index (χ2v) is 4.86. The maximum atomic E-state index is 10.1. The number of aryl methyl sites for hydroxylation is 1. The van der Waals surface area contributed by atoms with E-state index in [9.17, 15) is 10.2 Å². The van der Waals surface area contributed by atoms with Gasteiger partial charge in [0, 0.05) is 18.3 Å². The molecule has 0 radical (unpaired) electrons. The Kier molecular flexibility index (Phi) is 4.90. The van der Waals surface area contributed by atoms with Crippen LogP contribution >= 0.6 is 0 Å². The average Bonchev–Trinajstić information content (AvgIpc) is 2.76. The zero-order valence-electron chi connectivity index (χ0n) is 11.4. The Hall–Kier alpha value is -1.25. The van der Waals surface area contributed by atoms with E-state index in [1.54, 1.807) is 6.20 Å². The molecule has 2 heterocycles. The smallest absolute Gasteiger partial charge is 0.126 e. The molecule has 2 rings (SSSR count). The topological polar surface area (TPSA) is 124 Å². The Morgan fingerprint density at radius 1 is 1.50 bits per heavy atom. The summed E-state index contributed by atoms with van der Waals surface area (Å²) in [5.74, 6) is 0.449. The van der Waals surface area contributed by atoms with Crippen molar-refractivity contribution in [1.29, 1.82) is 0 Å². The minimum atomic E-state index is -0.908. The van der Waals surface area contributed by atoms with Crippen LogP contribution in [0.1, 0.15) is 17.2 Å². The first-order valence-corrected chi connectivity index (χ1v) is 6.56. The first-order valence-electron chi connectivity index (χ1n) is 6.56. The van der Waals surface area contributed by atoms with Gasteiger partial charge in [0.2, 0.25) is 0 Å². The Labute approximate surface area is 117 Å². The molecule has 0 spiro atoms. The van der Waals surface area contributed by atoms with E-state index in [-0.39, 0.29) is 6.61 Å². The summed E-state index contributed by atoms with van der Waals surface area (Å²) >= 11 is 0. The van der Waals surface area contributed by atoms with Gasteiger partial charge in [-0.1, -0.05) is 0 Å². The van der Waals surface area contributed by atoms with Crippen LogP contribution in [0.3, 0.4) is 0 Å². The fourth-order valence-corrected chi connectivity index (χ4v) is 2.31. The van der Waals surface area contributed by atoms with Crippen molar-refractivity contribution in [3.05, 3.63) is 23.4 Å². The molecular formula is C13H21N3O4. The molecule has 0 saturated carbocycles. The molecule has 0 aromatic carbocycles. The third-order valence-electron chi connectivity index (χ3n) is 3.41. The van der Waals surface area contributed by atoms with Crippen LogP contribution in [-0.4, -0.2) is 53.3 Å². The van der Waals surface area contributed by atoms with E-state index in [4.69, 9.17) is 20.9 Å². The van der Waals surface area contributed by atoms with E-state index < -0.39 is 24.4 Å². The third-order valence-corrected chi connectivity index (χ3v) is 3.41. The maximum Gasteiger partial charge on any atom is 0.126 e. The lowest BCUT2D eigenvalue weighted by molar-refractivity contribution is -0.0357. The molecule has 7 nitrogen and oxygen atoms in total. The maximum absolute atomic E-state index is 10.1. The molecule has 20 heavy (non-hydrogen) atoms. The molecule has 1 aliphatic rings. The summed E-state index contributed by atoms with van der Waals surface area (Å²) in [4.78, 5) is 4.09. The van der Waals surface area contributed by atoms with Gasteiger partial charge in [-0.2, -0.15) is 0 Å². The standard InChI is InChI=1S/C13H21N3O4/c1-7-4-8(5-16-13(7)15)11-12(19-3-2-14)10(18)9(6-17)20-11/h4-5,9-12,17-18H,2-3,6,14H2,1H3,(H2,15,16)/t9-,10-,11+,12-/m1/s1. The van der Waals surface area contributed by atoms with Crippen LogP contribution in [0.15, 0.2) is 12.3 Å². The van der Waals surface area contributed by atoms with Crippen molar-refractivity contribution in [2.24, 2.45) is 5.73 Å². The minimum absolute atomic E-state index is 0.276. The molecule has 1 saturated heterocycles. The van der Waals surface area contributed by atoms with Crippen LogP contribution in [-0.2, 0) is 9.47 Å². The summed E-state index contributed by atoms with van der Waals surface area (Å²) in [6.07, 6.45) is -1.07. The number of aliphatic hydroxyl groups excluding tert-OH is 2. The van der Waals surface area contributed by atoms with E-state index >= 15 is 0 Å². The molecule has 1 aromatic rings. The van der Waals surface area contributed by atoms with Crippen molar-refractivity contribution < 1.29 is 19.7 Å². The number of pyridine rings is 1. The highest BCUT2D eigenvalue weighted by atomic mass is 16.6. The van der Waals surface area contributed by atoms with Crippen molar-refractivity contribution in [3.63, 3.8) is 0 Å². The summed E-state index contributed by atoms with van der Waals surface area (Å²) in [7, 11) is 0. The number of ether oxygens (including phenoxy) is 2. The van der Waals surface area contributed by atoms with E-state index in [1.807, 2.05) is 13.0 Å². The molecule has 0 amide bonds. The molecule has 0 aliphatic carbocycles. The zero-order valence-corrected chi connectivity index (χ0v) is 11.4. The van der Waals surface area contributed by atoms with E-state index in [0.717, 1.165) is 11.1 Å². The van der Waals surface area contributed by atoms with Gasteiger partial charge in [0.1, 0.15) is 30.2 Å². The molecule has 1 aromatic heterocycles. The molecule has 0 bridgehead atoms. The van der Waals surface area contributed by atoms with Crippen molar-refractivity contribution >= 4 is 5.82 Å². The van der Waals surface area contributed by atoms with Crippen LogP contribution in [0.2, 0.25) is 0 Å². The van der Waals surface area contributed by atoms with E-state index in [1.165, 1.54) is 0 Å². The summed E-state index contributed by atoms with van der Waals surface area (Å²) < 4.78 is 11.2.